The van der Waals surface area contributed by atoms with Gasteiger partial charge in [-0.15, -0.1) is 0 Å². The maximum absolute atomic E-state index is 11.4. The van der Waals surface area contributed by atoms with Crippen molar-refractivity contribution in [2.75, 3.05) is 6.61 Å². The van der Waals surface area contributed by atoms with Crippen molar-refractivity contribution in [3.63, 3.8) is 0 Å². The molecule has 1 saturated carbocycles. The summed E-state index contributed by atoms with van der Waals surface area (Å²) >= 11 is 0. The largest absolute Gasteiger partial charge is 0.370 e. The smallest absolute Gasteiger partial charge is 0.136 e. The monoisotopic (exact) mass is 168 g/mol. The van der Waals surface area contributed by atoms with Crippen LogP contribution >= 0.6 is 0 Å². The van der Waals surface area contributed by atoms with Crippen LogP contribution in [0.1, 0.15) is 33.1 Å². The van der Waals surface area contributed by atoms with Crippen LogP contribution in [-0.4, -0.2) is 18.0 Å². The number of ether oxygens (including phenoxy) is 1. The fourth-order valence-electron chi connectivity index (χ4n) is 2.03. The Morgan fingerprint density at radius 3 is 2.67 bits per heavy atom. The van der Waals surface area contributed by atoms with E-state index in [0.717, 1.165) is 19.4 Å². The van der Waals surface area contributed by atoms with Crippen molar-refractivity contribution < 1.29 is 9.53 Å². The van der Waals surface area contributed by atoms with E-state index in [-0.39, 0.29) is 5.60 Å². The van der Waals surface area contributed by atoms with E-state index in [4.69, 9.17) is 4.74 Å². The molecule has 0 bridgehead atoms. The van der Waals surface area contributed by atoms with Crippen LogP contribution in [0.5, 0.6) is 0 Å². The van der Waals surface area contributed by atoms with E-state index >= 15 is 0 Å². The van der Waals surface area contributed by atoms with Crippen molar-refractivity contribution in [3.05, 3.63) is 0 Å². The van der Waals surface area contributed by atoms with Gasteiger partial charge in [0, 0.05) is 12.3 Å². The molecule has 1 aliphatic heterocycles. The summed E-state index contributed by atoms with van der Waals surface area (Å²) in [7, 11) is 0. The number of Topliss-reactive ketones (excluding diaryl/α,β-unsaturated/α-hetero) is 1. The molecule has 2 nitrogen and oxygen atoms in total. The number of hydrogen-bond acceptors (Lipinski definition) is 2. The second-order valence-electron chi connectivity index (χ2n) is 4.45. The number of carbonyl (C=O) groups is 1. The van der Waals surface area contributed by atoms with Gasteiger partial charge in [0.15, 0.2) is 0 Å². The third-order valence-electron chi connectivity index (χ3n) is 3.41. The van der Waals surface area contributed by atoms with Crippen LogP contribution in [0.2, 0.25) is 0 Å². The molecule has 0 N–H and O–H groups in total. The van der Waals surface area contributed by atoms with Gasteiger partial charge in [-0.25, -0.2) is 0 Å². The summed E-state index contributed by atoms with van der Waals surface area (Å²) < 4.78 is 5.37. The Bertz CT molecular complexity index is 206. The summed E-state index contributed by atoms with van der Waals surface area (Å²) in [5.41, 5.74) is 0.0653. The summed E-state index contributed by atoms with van der Waals surface area (Å²) in [4.78, 5) is 11.4. The zero-order valence-electron chi connectivity index (χ0n) is 7.80. The first-order valence-corrected chi connectivity index (χ1v) is 4.78. The van der Waals surface area contributed by atoms with E-state index < -0.39 is 0 Å². The third kappa shape index (κ3) is 1.28. The molecule has 0 radical (unpaired) electrons. The highest BCUT2D eigenvalue weighted by atomic mass is 16.6. The Balaban J connectivity index is 1.98. The van der Waals surface area contributed by atoms with Gasteiger partial charge in [-0.05, 0) is 25.7 Å². The molecule has 0 spiro atoms. The highest BCUT2D eigenvalue weighted by Crippen LogP contribution is 2.42. The van der Waals surface area contributed by atoms with E-state index in [2.05, 4.69) is 6.92 Å². The lowest BCUT2D eigenvalue weighted by Crippen LogP contribution is -2.31. The molecule has 68 valence electrons. The highest BCUT2D eigenvalue weighted by Gasteiger charge is 2.48. The Hall–Kier alpha value is -0.370. The summed E-state index contributed by atoms with van der Waals surface area (Å²) in [5, 5.41) is 0. The molecule has 2 fully saturated rings. The van der Waals surface area contributed by atoms with Gasteiger partial charge < -0.3 is 4.74 Å². The predicted octanol–water partition coefficient (Wildman–Crippen LogP) is 1.78. The molecule has 0 amide bonds. The molecule has 3 atom stereocenters. The molecule has 0 aromatic carbocycles. The number of rotatable bonds is 1. The topological polar surface area (TPSA) is 29.6 Å². The van der Waals surface area contributed by atoms with Crippen molar-refractivity contribution in [2.24, 2.45) is 11.8 Å². The van der Waals surface area contributed by atoms with E-state index in [0.29, 0.717) is 17.6 Å². The number of hydrogen-bond donors (Lipinski definition) is 0. The summed E-state index contributed by atoms with van der Waals surface area (Å²) in [6.45, 7) is 5.02. The third-order valence-corrected chi connectivity index (χ3v) is 3.41. The van der Waals surface area contributed by atoms with Crippen LogP contribution in [0, 0.1) is 11.8 Å². The maximum atomic E-state index is 11.4. The molecule has 1 heterocycles. The second kappa shape index (κ2) is 2.56. The van der Waals surface area contributed by atoms with E-state index in [9.17, 15) is 4.79 Å². The molecule has 3 unspecified atom stereocenters. The molecule has 1 aliphatic carbocycles. The molecule has 0 aromatic rings. The minimum absolute atomic E-state index is 0.0653. The van der Waals surface area contributed by atoms with Crippen LogP contribution in [0.15, 0.2) is 0 Å². The van der Waals surface area contributed by atoms with Crippen LogP contribution < -0.4 is 0 Å². The zero-order valence-corrected chi connectivity index (χ0v) is 7.80. The molecule has 2 aliphatic rings. The van der Waals surface area contributed by atoms with Gasteiger partial charge in [0.2, 0.25) is 0 Å². The van der Waals surface area contributed by atoms with Crippen molar-refractivity contribution >= 4 is 5.78 Å². The van der Waals surface area contributed by atoms with E-state index in [1.165, 1.54) is 6.42 Å². The lowest BCUT2D eigenvalue weighted by molar-refractivity contribution is -0.126. The van der Waals surface area contributed by atoms with E-state index in [1.54, 1.807) is 0 Å². The average molecular weight is 168 g/mol. The van der Waals surface area contributed by atoms with Gasteiger partial charge in [0.25, 0.3) is 0 Å². The van der Waals surface area contributed by atoms with Gasteiger partial charge in [-0.2, -0.15) is 0 Å². The zero-order chi connectivity index (χ0) is 8.77. The summed E-state index contributed by atoms with van der Waals surface area (Å²) in [6.07, 6.45) is 2.98. The molecule has 2 heteroatoms. The predicted molar refractivity (Wildman–Crippen MR) is 45.9 cm³/mol. The molecule has 1 saturated heterocycles. The minimum atomic E-state index is 0.0653. The SMILES string of the molecule is CC1CCC(C2(C)CO2)CC1=O. The first kappa shape index (κ1) is 8.24. The molecular formula is C10H16O2. The van der Waals surface area contributed by atoms with Gasteiger partial charge >= 0.3 is 0 Å². The molecule has 0 aromatic heterocycles. The Labute approximate surface area is 73.3 Å². The molecular weight excluding hydrogens is 152 g/mol. The molecule has 12 heavy (non-hydrogen) atoms. The number of epoxide rings is 1. The fourth-order valence-corrected chi connectivity index (χ4v) is 2.03. The Morgan fingerprint density at radius 2 is 2.17 bits per heavy atom. The lowest BCUT2D eigenvalue weighted by atomic mass is 9.76. The van der Waals surface area contributed by atoms with Crippen molar-refractivity contribution in [1.82, 2.24) is 0 Å². The summed E-state index contributed by atoms with van der Waals surface area (Å²) in [6, 6.07) is 0. The Morgan fingerprint density at radius 1 is 1.50 bits per heavy atom. The minimum Gasteiger partial charge on any atom is -0.370 e. The highest BCUT2D eigenvalue weighted by molar-refractivity contribution is 5.81. The van der Waals surface area contributed by atoms with Crippen LogP contribution in [0.4, 0.5) is 0 Å². The number of carbonyl (C=O) groups excluding carboxylic acids is 1. The lowest BCUT2D eigenvalue weighted by Gasteiger charge is -2.27. The summed E-state index contributed by atoms with van der Waals surface area (Å²) in [5.74, 6) is 1.23. The van der Waals surface area contributed by atoms with Crippen LogP contribution in [0.25, 0.3) is 0 Å². The maximum Gasteiger partial charge on any atom is 0.136 e. The van der Waals surface area contributed by atoms with Gasteiger partial charge in [0.1, 0.15) is 5.78 Å². The average Bonchev–Trinajstić information content (AvgIpc) is 2.75. The van der Waals surface area contributed by atoms with Gasteiger partial charge in [-0.1, -0.05) is 6.92 Å². The van der Waals surface area contributed by atoms with Crippen molar-refractivity contribution in [2.45, 2.75) is 38.7 Å². The van der Waals surface area contributed by atoms with Gasteiger partial charge in [0.05, 0.1) is 12.2 Å². The fraction of sp³-hybridized carbons (Fsp3) is 0.900. The van der Waals surface area contributed by atoms with Crippen molar-refractivity contribution in [1.29, 1.82) is 0 Å². The van der Waals surface area contributed by atoms with Crippen LogP contribution in [0.3, 0.4) is 0 Å². The standard InChI is InChI=1S/C10H16O2/c1-7-3-4-8(5-9(7)11)10(2)6-12-10/h7-8H,3-6H2,1-2H3. The molecule has 2 rings (SSSR count). The van der Waals surface area contributed by atoms with Crippen LogP contribution in [-0.2, 0) is 9.53 Å². The normalized spacial score (nSPS) is 47.7. The number of ketones is 1. The quantitative estimate of drug-likeness (QED) is 0.558. The van der Waals surface area contributed by atoms with Gasteiger partial charge in [-0.3, -0.25) is 4.79 Å². The van der Waals surface area contributed by atoms with E-state index in [1.807, 2.05) is 6.92 Å². The Kier molecular flexibility index (Phi) is 1.76. The first-order valence-electron chi connectivity index (χ1n) is 4.78. The second-order valence-corrected chi connectivity index (χ2v) is 4.45. The van der Waals surface area contributed by atoms with Crippen molar-refractivity contribution in [3.8, 4) is 0 Å². The first-order chi connectivity index (χ1) is 5.62.